The Balaban J connectivity index is 1.63. The third kappa shape index (κ3) is 10.4. The zero-order chi connectivity index (χ0) is 31.1. The monoisotopic (exact) mass is 662 g/mol. The highest BCUT2D eigenvalue weighted by molar-refractivity contribution is 8.00. The summed E-state index contributed by atoms with van der Waals surface area (Å²) in [5, 5.41) is 1.61. The molecule has 2 aromatic carbocycles. The van der Waals surface area contributed by atoms with Crippen molar-refractivity contribution in [1.29, 1.82) is 0 Å². The van der Waals surface area contributed by atoms with Gasteiger partial charge in [0.25, 0.3) is 0 Å². The molecule has 44 heavy (non-hydrogen) atoms. The Morgan fingerprint density at radius 3 is 2.07 bits per heavy atom. The minimum atomic E-state index is -0.152. The summed E-state index contributed by atoms with van der Waals surface area (Å²) in [5.74, 6) is 0. The molecule has 0 bridgehead atoms. The van der Waals surface area contributed by atoms with E-state index >= 15 is 0 Å². The third-order valence-electron chi connectivity index (χ3n) is 8.54. The van der Waals surface area contributed by atoms with Crippen molar-refractivity contribution in [2.75, 3.05) is 33.0 Å². The van der Waals surface area contributed by atoms with Crippen LogP contribution in [0.5, 0.6) is 0 Å². The molecule has 2 aromatic rings. The van der Waals surface area contributed by atoms with Crippen molar-refractivity contribution in [2.24, 2.45) is 0 Å². The Labute approximate surface area is 281 Å². The first-order chi connectivity index (χ1) is 21.6. The predicted molar refractivity (Wildman–Crippen MR) is 189 cm³/mol. The van der Waals surface area contributed by atoms with Gasteiger partial charge in [0.2, 0.25) is 0 Å². The van der Waals surface area contributed by atoms with Gasteiger partial charge in [0.15, 0.2) is 0 Å². The molecular formula is C37H55ClO4S2. The molecule has 0 saturated carbocycles. The number of rotatable bonds is 20. The van der Waals surface area contributed by atoms with Gasteiger partial charge in [-0.15, -0.1) is 23.5 Å². The van der Waals surface area contributed by atoms with Gasteiger partial charge in [0.1, 0.15) is 18.3 Å². The number of benzene rings is 2. The summed E-state index contributed by atoms with van der Waals surface area (Å²) in [5.41, 5.74) is 3.95. The lowest BCUT2D eigenvalue weighted by Crippen LogP contribution is -2.55. The Morgan fingerprint density at radius 1 is 0.750 bits per heavy atom. The van der Waals surface area contributed by atoms with E-state index in [4.69, 9.17) is 30.5 Å². The van der Waals surface area contributed by atoms with Crippen LogP contribution in [0.2, 0.25) is 5.02 Å². The van der Waals surface area contributed by atoms with Crippen LogP contribution in [0.15, 0.2) is 47.4 Å². The second-order valence-electron chi connectivity index (χ2n) is 12.2. The zero-order valence-corrected chi connectivity index (χ0v) is 29.8. The predicted octanol–water partition coefficient (Wildman–Crippen LogP) is 10.1. The van der Waals surface area contributed by atoms with Crippen molar-refractivity contribution in [3.8, 4) is 0 Å². The third-order valence-corrected chi connectivity index (χ3v) is 11.8. The van der Waals surface area contributed by atoms with Gasteiger partial charge in [-0.1, -0.05) is 95.3 Å². The highest BCUT2D eigenvalue weighted by Gasteiger charge is 2.48. The maximum Gasteiger partial charge on any atom is 0.112 e. The van der Waals surface area contributed by atoms with Crippen molar-refractivity contribution in [3.05, 3.63) is 64.2 Å². The highest BCUT2D eigenvalue weighted by atomic mass is 35.5. The number of fused-ring (bicyclic) bond motifs is 1. The van der Waals surface area contributed by atoms with Gasteiger partial charge in [0.05, 0.1) is 17.1 Å². The van der Waals surface area contributed by atoms with Crippen molar-refractivity contribution >= 4 is 35.1 Å². The van der Waals surface area contributed by atoms with E-state index in [2.05, 4.69) is 70.2 Å². The number of thioether (sulfide) groups is 2. The minimum Gasteiger partial charge on any atom is -0.380 e. The molecule has 2 aliphatic rings. The average molecular weight is 663 g/mol. The van der Waals surface area contributed by atoms with E-state index in [1.54, 1.807) is 0 Å². The Kier molecular flexibility index (Phi) is 16.3. The molecule has 2 heterocycles. The largest absolute Gasteiger partial charge is 0.380 e. The zero-order valence-electron chi connectivity index (χ0n) is 27.4. The average Bonchev–Trinajstić information content (AvgIpc) is 3.44. The van der Waals surface area contributed by atoms with E-state index in [0.717, 1.165) is 89.1 Å². The molecule has 0 aliphatic carbocycles. The first-order valence-corrected chi connectivity index (χ1v) is 19.4. The lowest BCUT2D eigenvalue weighted by molar-refractivity contribution is -0.149. The molecule has 0 N–H and O–H groups in total. The van der Waals surface area contributed by atoms with E-state index in [1.807, 2.05) is 23.5 Å². The Hall–Kier alpha value is -0.730. The van der Waals surface area contributed by atoms with Crippen LogP contribution in [0.4, 0.5) is 0 Å². The number of halogens is 1. The summed E-state index contributed by atoms with van der Waals surface area (Å²) in [6.07, 6.45) is 10.3. The van der Waals surface area contributed by atoms with Crippen molar-refractivity contribution in [2.45, 2.75) is 131 Å². The van der Waals surface area contributed by atoms with E-state index < -0.39 is 0 Å². The van der Waals surface area contributed by atoms with Crippen molar-refractivity contribution in [3.63, 3.8) is 0 Å². The van der Waals surface area contributed by atoms with Crippen LogP contribution >= 0.6 is 35.1 Å². The SMILES string of the molecule is CCCCOC[C@H]1S[C@@H](c2ccc(Cl)c(CC3Cc4ccccc4S3)c2)[C@H](OCCCC)[C@@H](OCCCC)[C@@H]1OCCCC. The summed E-state index contributed by atoms with van der Waals surface area (Å²) >= 11 is 10.8. The molecule has 7 heteroatoms. The fourth-order valence-electron chi connectivity index (χ4n) is 5.97. The topological polar surface area (TPSA) is 36.9 Å². The Bertz CT molecular complexity index is 1080. The molecule has 6 atom stereocenters. The second kappa shape index (κ2) is 19.8. The maximum absolute atomic E-state index is 6.89. The quantitative estimate of drug-likeness (QED) is 0.131. The molecule has 0 aromatic heterocycles. The summed E-state index contributed by atoms with van der Waals surface area (Å²) in [7, 11) is 0. The molecule has 2 aliphatic heterocycles. The van der Waals surface area contributed by atoms with Gasteiger partial charge >= 0.3 is 0 Å². The maximum atomic E-state index is 6.89. The molecule has 1 saturated heterocycles. The van der Waals surface area contributed by atoms with Gasteiger partial charge < -0.3 is 18.9 Å². The van der Waals surface area contributed by atoms with E-state index in [9.17, 15) is 0 Å². The standard InChI is InChI=1S/C37H55ClO4S2/c1-5-9-19-39-26-33-34(40-20-10-6-2)35(41-21-11-7-3)36(42-22-12-8-4)37(44-33)28-17-18-31(38)29(23-28)25-30-24-27-15-13-14-16-32(27)43-30/h13-18,23,30,33-37H,5-12,19-22,24-26H2,1-4H3/t30?,33-,34-,35+,36-,37+/m1/s1. The normalized spacial score (nSPS) is 24.9. The highest BCUT2D eigenvalue weighted by Crippen LogP contribution is 2.48. The second-order valence-corrected chi connectivity index (χ2v) is 15.3. The van der Waals surface area contributed by atoms with E-state index in [1.165, 1.54) is 21.6 Å². The lowest BCUT2D eigenvalue weighted by atomic mass is 9.94. The van der Waals surface area contributed by atoms with Crippen LogP contribution in [0.1, 0.15) is 101 Å². The van der Waals surface area contributed by atoms with Crippen LogP contribution in [0.3, 0.4) is 0 Å². The number of hydrogen-bond donors (Lipinski definition) is 0. The van der Waals surface area contributed by atoms with Crippen LogP contribution in [-0.2, 0) is 31.8 Å². The molecule has 4 rings (SSSR count). The molecule has 246 valence electrons. The van der Waals surface area contributed by atoms with E-state index in [-0.39, 0.29) is 28.8 Å². The van der Waals surface area contributed by atoms with Crippen LogP contribution in [0.25, 0.3) is 0 Å². The molecule has 0 amide bonds. The first-order valence-electron chi connectivity index (χ1n) is 17.2. The molecule has 4 nitrogen and oxygen atoms in total. The molecular weight excluding hydrogens is 608 g/mol. The first kappa shape index (κ1) is 36.1. The molecule has 1 fully saturated rings. The van der Waals surface area contributed by atoms with E-state index in [0.29, 0.717) is 18.5 Å². The van der Waals surface area contributed by atoms with Crippen LogP contribution in [0, 0.1) is 0 Å². The molecule has 0 spiro atoms. The molecule has 0 radical (unpaired) electrons. The smallest absolute Gasteiger partial charge is 0.112 e. The van der Waals surface area contributed by atoms with Crippen LogP contribution in [-0.4, -0.2) is 61.8 Å². The minimum absolute atomic E-state index is 0.0759. The summed E-state index contributed by atoms with van der Waals surface area (Å²) < 4.78 is 26.5. The number of unbranched alkanes of at least 4 members (excludes halogenated alkanes) is 4. The summed E-state index contributed by atoms with van der Waals surface area (Å²) in [4.78, 5) is 1.41. The lowest BCUT2D eigenvalue weighted by Gasteiger charge is -2.46. The fourth-order valence-corrected chi connectivity index (χ4v) is 9.14. The number of hydrogen-bond acceptors (Lipinski definition) is 6. The summed E-state index contributed by atoms with van der Waals surface area (Å²) in [6, 6.07) is 15.5. The molecule has 1 unspecified atom stereocenters. The van der Waals surface area contributed by atoms with Crippen molar-refractivity contribution in [1.82, 2.24) is 0 Å². The fraction of sp³-hybridized carbons (Fsp3) is 0.676. The van der Waals surface area contributed by atoms with Gasteiger partial charge in [-0.05, 0) is 67.3 Å². The van der Waals surface area contributed by atoms with Crippen molar-refractivity contribution < 1.29 is 18.9 Å². The number of ether oxygens (including phenoxy) is 4. The van der Waals surface area contributed by atoms with Gasteiger partial charge in [-0.3, -0.25) is 0 Å². The van der Waals surface area contributed by atoms with Crippen LogP contribution < -0.4 is 0 Å². The Morgan fingerprint density at radius 2 is 1.39 bits per heavy atom. The summed E-state index contributed by atoms with van der Waals surface area (Å²) in [6.45, 7) is 12.5. The van der Waals surface area contributed by atoms with Gasteiger partial charge in [-0.2, -0.15) is 0 Å². The van der Waals surface area contributed by atoms with Gasteiger partial charge in [-0.25, -0.2) is 0 Å². The van der Waals surface area contributed by atoms with Gasteiger partial charge in [0, 0.05) is 41.6 Å².